The van der Waals surface area contributed by atoms with Crippen LogP contribution in [0.1, 0.15) is 24.5 Å². The lowest BCUT2D eigenvalue weighted by Crippen LogP contribution is -2.55. The molecule has 0 saturated carbocycles. The molecule has 1 aromatic carbocycles. The quantitative estimate of drug-likeness (QED) is 0.867. The molecule has 2 unspecified atom stereocenters. The fraction of sp³-hybridized carbons (Fsp3) is 0.533. The van der Waals surface area contributed by atoms with Crippen molar-refractivity contribution in [3.05, 3.63) is 29.3 Å². The number of hydrogen-bond acceptors (Lipinski definition) is 3. The number of anilines is 1. The van der Waals surface area contributed by atoms with Crippen LogP contribution < -0.4 is 10.2 Å². The molecule has 1 N–H and O–H groups in total. The third-order valence-electron chi connectivity index (χ3n) is 3.48. The molecule has 96 valence electrons. The number of nitrogens with zero attached hydrogens (tertiary/aromatic N) is 2. The predicted octanol–water partition coefficient (Wildman–Crippen LogP) is 2.38. The Bertz CT molecular complexity index is 441. The van der Waals surface area contributed by atoms with Gasteiger partial charge >= 0.3 is 0 Å². The normalized spacial score (nSPS) is 23.8. The maximum Gasteiger partial charge on any atom is 0.0643 e. The molecule has 3 nitrogen and oxygen atoms in total. The molecule has 1 aliphatic rings. The first-order valence-electron chi connectivity index (χ1n) is 6.55. The highest BCUT2D eigenvalue weighted by molar-refractivity contribution is 5.52. The van der Waals surface area contributed by atoms with E-state index in [-0.39, 0.29) is 6.04 Å². The van der Waals surface area contributed by atoms with Crippen LogP contribution in [0.3, 0.4) is 0 Å². The number of nitriles is 1. The number of piperazine rings is 1. The Balaban J connectivity index is 2.29. The summed E-state index contributed by atoms with van der Waals surface area (Å²) in [6.45, 7) is 8.30. The molecule has 0 spiro atoms. The molecule has 3 heteroatoms. The van der Waals surface area contributed by atoms with Crippen molar-refractivity contribution in [3.8, 4) is 6.07 Å². The van der Waals surface area contributed by atoms with Crippen LogP contribution in [0.2, 0.25) is 0 Å². The van der Waals surface area contributed by atoms with Gasteiger partial charge in [-0.1, -0.05) is 6.07 Å². The lowest BCUT2D eigenvalue weighted by atomic mass is 10.0. The van der Waals surface area contributed by atoms with E-state index in [0.29, 0.717) is 12.5 Å². The molecule has 0 aliphatic carbocycles. The first kappa shape index (κ1) is 12.9. The molecule has 2 atom stereocenters. The second kappa shape index (κ2) is 5.41. The zero-order valence-corrected chi connectivity index (χ0v) is 11.4. The fourth-order valence-electron chi connectivity index (χ4n) is 2.68. The molecule has 1 aliphatic heterocycles. The van der Waals surface area contributed by atoms with Crippen LogP contribution in [0.5, 0.6) is 0 Å². The molecule has 0 aromatic heterocycles. The van der Waals surface area contributed by atoms with Gasteiger partial charge in [-0.15, -0.1) is 0 Å². The first-order valence-corrected chi connectivity index (χ1v) is 6.55. The van der Waals surface area contributed by atoms with Crippen LogP contribution in [-0.4, -0.2) is 25.2 Å². The van der Waals surface area contributed by atoms with Crippen molar-refractivity contribution in [1.29, 1.82) is 5.26 Å². The Morgan fingerprint density at radius 1 is 1.33 bits per heavy atom. The van der Waals surface area contributed by atoms with Gasteiger partial charge in [0.25, 0.3) is 0 Å². The van der Waals surface area contributed by atoms with E-state index < -0.39 is 0 Å². The molecule has 1 heterocycles. The van der Waals surface area contributed by atoms with Crippen molar-refractivity contribution < 1.29 is 0 Å². The van der Waals surface area contributed by atoms with Crippen LogP contribution >= 0.6 is 0 Å². The molecule has 1 aromatic rings. The SMILES string of the molecule is Cc1cc(C)cc(N2CC(C)NCC2CC#N)c1. The number of rotatable bonds is 2. The second-order valence-electron chi connectivity index (χ2n) is 5.32. The Kier molecular flexibility index (Phi) is 3.88. The molecule has 18 heavy (non-hydrogen) atoms. The van der Waals surface area contributed by atoms with E-state index in [2.05, 4.69) is 55.3 Å². The molecular weight excluding hydrogens is 222 g/mol. The van der Waals surface area contributed by atoms with E-state index in [1.54, 1.807) is 0 Å². The van der Waals surface area contributed by atoms with E-state index in [9.17, 15) is 0 Å². The Morgan fingerprint density at radius 2 is 2.00 bits per heavy atom. The highest BCUT2D eigenvalue weighted by Gasteiger charge is 2.25. The van der Waals surface area contributed by atoms with Crippen LogP contribution in [-0.2, 0) is 0 Å². The van der Waals surface area contributed by atoms with Gasteiger partial charge in [-0.3, -0.25) is 0 Å². The molecule has 2 rings (SSSR count). The minimum absolute atomic E-state index is 0.285. The molecule has 0 radical (unpaired) electrons. The zero-order chi connectivity index (χ0) is 13.1. The van der Waals surface area contributed by atoms with E-state index in [1.165, 1.54) is 16.8 Å². The smallest absolute Gasteiger partial charge is 0.0643 e. The van der Waals surface area contributed by atoms with Gasteiger partial charge in [-0.05, 0) is 44.0 Å². The van der Waals surface area contributed by atoms with Crippen molar-refractivity contribution >= 4 is 5.69 Å². The van der Waals surface area contributed by atoms with Gasteiger partial charge < -0.3 is 10.2 Å². The monoisotopic (exact) mass is 243 g/mol. The van der Waals surface area contributed by atoms with E-state index in [1.807, 2.05) is 0 Å². The summed E-state index contributed by atoms with van der Waals surface area (Å²) in [5.74, 6) is 0. The molecule has 1 saturated heterocycles. The minimum atomic E-state index is 0.285. The van der Waals surface area contributed by atoms with Crippen LogP contribution in [0.25, 0.3) is 0 Å². The maximum absolute atomic E-state index is 8.95. The van der Waals surface area contributed by atoms with Crippen LogP contribution in [0.15, 0.2) is 18.2 Å². The largest absolute Gasteiger partial charge is 0.365 e. The number of aryl methyl sites for hydroxylation is 2. The maximum atomic E-state index is 8.95. The van der Waals surface area contributed by atoms with E-state index in [0.717, 1.165) is 13.1 Å². The summed E-state index contributed by atoms with van der Waals surface area (Å²) in [6, 6.07) is 9.68. The summed E-state index contributed by atoms with van der Waals surface area (Å²) in [4.78, 5) is 2.38. The van der Waals surface area contributed by atoms with Gasteiger partial charge in [-0.2, -0.15) is 5.26 Å². The Morgan fingerprint density at radius 3 is 2.61 bits per heavy atom. The second-order valence-corrected chi connectivity index (χ2v) is 5.32. The summed E-state index contributed by atoms with van der Waals surface area (Å²) in [5, 5.41) is 12.4. The third kappa shape index (κ3) is 2.83. The van der Waals surface area contributed by atoms with Gasteiger partial charge in [0, 0.05) is 24.8 Å². The average molecular weight is 243 g/mol. The summed E-state index contributed by atoms with van der Waals surface area (Å²) in [6.07, 6.45) is 0.576. The molecular formula is C15H21N3. The van der Waals surface area contributed by atoms with E-state index in [4.69, 9.17) is 5.26 Å². The lowest BCUT2D eigenvalue weighted by Gasteiger charge is -2.40. The average Bonchev–Trinajstić information content (AvgIpc) is 2.30. The highest BCUT2D eigenvalue weighted by Crippen LogP contribution is 2.24. The van der Waals surface area contributed by atoms with E-state index >= 15 is 0 Å². The Hall–Kier alpha value is -1.53. The zero-order valence-electron chi connectivity index (χ0n) is 11.4. The number of nitrogens with one attached hydrogen (secondary N) is 1. The fourth-order valence-corrected chi connectivity index (χ4v) is 2.68. The van der Waals surface area contributed by atoms with Crippen LogP contribution in [0.4, 0.5) is 5.69 Å². The Labute approximate surface area is 109 Å². The lowest BCUT2D eigenvalue weighted by molar-refractivity contribution is 0.412. The third-order valence-corrected chi connectivity index (χ3v) is 3.48. The van der Waals surface area contributed by atoms with Gasteiger partial charge in [0.15, 0.2) is 0 Å². The summed E-state index contributed by atoms with van der Waals surface area (Å²) < 4.78 is 0. The summed E-state index contributed by atoms with van der Waals surface area (Å²) in [5.41, 5.74) is 3.82. The summed E-state index contributed by atoms with van der Waals surface area (Å²) in [7, 11) is 0. The standard InChI is InChI=1S/C15H21N3/c1-11-6-12(2)8-15(7-11)18-10-13(3)17-9-14(18)4-5-16/h6-8,13-14,17H,4,9-10H2,1-3H3. The van der Waals surface area contributed by atoms with Crippen molar-refractivity contribution in [2.24, 2.45) is 0 Å². The van der Waals surface area contributed by atoms with Crippen molar-refractivity contribution in [2.45, 2.75) is 39.3 Å². The number of hydrogen-bond donors (Lipinski definition) is 1. The van der Waals surface area contributed by atoms with Gasteiger partial charge in [0.2, 0.25) is 0 Å². The van der Waals surface area contributed by atoms with Crippen molar-refractivity contribution in [3.63, 3.8) is 0 Å². The minimum Gasteiger partial charge on any atom is -0.365 e. The highest BCUT2D eigenvalue weighted by atomic mass is 15.2. The molecule has 1 fully saturated rings. The topological polar surface area (TPSA) is 39.1 Å². The molecule has 0 amide bonds. The van der Waals surface area contributed by atoms with Crippen molar-refractivity contribution in [1.82, 2.24) is 5.32 Å². The van der Waals surface area contributed by atoms with Crippen LogP contribution in [0, 0.1) is 25.2 Å². The predicted molar refractivity (Wildman–Crippen MR) is 74.7 cm³/mol. The van der Waals surface area contributed by atoms with Gasteiger partial charge in [0.05, 0.1) is 18.5 Å². The van der Waals surface area contributed by atoms with Gasteiger partial charge in [0.1, 0.15) is 0 Å². The number of benzene rings is 1. The first-order chi connectivity index (χ1) is 8.60. The molecule has 0 bridgehead atoms. The van der Waals surface area contributed by atoms with Gasteiger partial charge in [-0.25, -0.2) is 0 Å². The summed E-state index contributed by atoms with van der Waals surface area (Å²) >= 11 is 0. The van der Waals surface area contributed by atoms with Crippen molar-refractivity contribution in [2.75, 3.05) is 18.0 Å².